The third-order valence-electron chi connectivity index (χ3n) is 11.7. The first-order chi connectivity index (χ1) is 23.0. The number of likely N-dealkylation sites (tertiary alicyclic amines) is 1. The zero-order valence-electron chi connectivity index (χ0n) is 30.1. The van der Waals surface area contributed by atoms with Gasteiger partial charge in [0.05, 0.1) is 18.0 Å². The van der Waals surface area contributed by atoms with Crippen molar-refractivity contribution < 1.29 is 9.59 Å². The van der Waals surface area contributed by atoms with Gasteiger partial charge in [0.1, 0.15) is 11.9 Å². The van der Waals surface area contributed by atoms with Crippen molar-refractivity contribution >= 4 is 17.6 Å². The largest absolute Gasteiger partial charge is 0.385 e. The van der Waals surface area contributed by atoms with Crippen LogP contribution >= 0.6 is 0 Å². The quantitative estimate of drug-likeness (QED) is 0.0729. The molecule has 0 bridgehead atoms. The molecule has 0 radical (unpaired) electrons. The van der Waals surface area contributed by atoms with Gasteiger partial charge in [0.2, 0.25) is 5.91 Å². The fourth-order valence-electron chi connectivity index (χ4n) is 8.91. The summed E-state index contributed by atoms with van der Waals surface area (Å²) in [4.78, 5) is 28.7. The van der Waals surface area contributed by atoms with Gasteiger partial charge in [-0.1, -0.05) is 62.5 Å². The van der Waals surface area contributed by atoms with E-state index in [9.17, 15) is 14.9 Å². The SMILES string of the molecule is C/C=C\CC1=C(C)C(CC(NCC(=O)N2C(C#N)CC(C(C)C)C2C)C2CCCCC2)(/C(N)=N/N)c2ccc(C(=O)NCC)cc2CC1. The topological polar surface area (TPSA) is 150 Å². The van der Waals surface area contributed by atoms with Crippen molar-refractivity contribution in [3.8, 4) is 6.07 Å². The lowest BCUT2D eigenvalue weighted by Gasteiger charge is -2.42. The van der Waals surface area contributed by atoms with Gasteiger partial charge in [-0.25, -0.2) is 0 Å². The number of nitriles is 1. The number of allylic oxidation sites excluding steroid dienone is 3. The molecule has 9 heteroatoms. The molecule has 1 aliphatic heterocycles. The second-order valence-electron chi connectivity index (χ2n) is 14.6. The number of nitrogens with one attached hydrogen (secondary N) is 2. The van der Waals surface area contributed by atoms with Crippen molar-refractivity contribution in [2.24, 2.45) is 34.4 Å². The number of aryl methyl sites for hydroxylation is 1. The van der Waals surface area contributed by atoms with Crippen molar-refractivity contribution in [3.63, 3.8) is 0 Å². The maximum atomic E-state index is 14.0. The van der Waals surface area contributed by atoms with Gasteiger partial charge in [-0.15, -0.1) is 0 Å². The fourth-order valence-corrected chi connectivity index (χ4v) is 8.91. The summed E-state index contributed by atoms with van der Waals surface area (Å²) in [5.41, 5.74) is 11.3. The molecule has 5 atom stereocenters. The smallest absolute Gasteiger partial charge is 0.251 e. The number of hydrogen-bond acceptors (Lipinski definition) is 6. The number of nitrogens with zero attached hydrogens (tertiary/aromatic N) is 3. The van der Waals surface area contributed by atoms with Crippen molar-refractivity contribution in [2.45, 2.75) is 129 Å². The van der Waals surface area contributed by atoms with E-state index in [1.165, 1.54) is 12.0 Å². The van der Waals surface area contributed by atoms with Crippen LogP contribution < -0.4 is 22.2 Å². The number of rotatable bonds is 12. The highest BCUT2D eigenvalue weighted by Crippen LogP contribution is 2.46. The number of amidine groups is 1. The maximum absolute atomic E-state index is 14.0. The summed E-state index contributed by atoms with van der Waals surface area (Å²) in [5.74, 6) is 7.37. The maximum Gasteiger partial charge on any atom is 0.251 e. The zero-order chi connectivity index (χ0) is 35.0. The van der Waals surface area contributed by atoms with Crippen molar-refractivity contribution in [3.05, 3.63) is 58.2 Å². The molecule has 0 spiro atoms. The summed E-state index contributed by atoms with van der Waals surface area (Å²) in [5, 5.41) is 20.9. The highest BCUT2D eigenvalue weighted by atomic mass is 16.2. The van der Waals surface area contributed by atoms with E-state index < -0.39 is 11.5 Å². The molecule has 1 aromatic carbocycles. The minimum absolute atomic E-state index is 0.00985. The molecule has 0 aromatic heterocycles. The molecule has 4 rings (SSSR count). The Labute approximate surface area is 288 Å². The predicted octanol–water partition coefficient (Wildman–Crippen LogP) is 5.85. The van der Waals surface area contributed by atoms with Crippen molar-refractivity contribution in [2.75, 3.05) is 13.1 Å². The molecular formula is C39H59N7O2. The Morgan fingerprint density at radius 1 is 1.21 bits per heavy atom. The molecule has 3 aliphatic rings. The number of hydrogen-bond donors (Lipinski definition) is 4. The molecule has 6 N–H and O–H groups in total. The van der Waals surface area contributed by atoms with Crippen LogP contribution in [-0.4, -0.2) is 53.8 Å². The summed E-state index contributed by atoms with van der Waals surface area (Å²) in [6.45, 7) is 13.3. The van der Waals surface area contributed by atoms with Gasteiger partial charge in [-0.2, -0.15) is 10.4 Å². The Morgan fingerprint density at radius 3 is 2.56 bits per heavy atom. The zero-order valence-corrected chi connectivity index (χ0v) is 30.1. The van der Waals surface area contributed by atoms with Crippen LogP contribution in [0.2, 0.25) is 0 Å². The minimum Gasteiger partial charge on any atom is -0.385 e. The van der Waals surface area contributed by atoms with Crippen LogP contribution in [0.1, 0.15) is 121 Å². The van der Waals surface area contributed by atoms with Crippen LogP contribution in [0.15, 0.2) is 46.6 Å². The van der Waals surface area contributed by atoms with Gasteiger partial charge in [0.25, 0.3) is 5.91 Å². The van der Waals surface area contributed by atoms with Gasteiger partial charge in [-0.05, 0) is 114 Å². The Morgan fingerprint density at radius 2 is 1.94 bits per heavy atom. The molecule has 1 saturated heterocycles. The molecular weight excluding hydrogens is 598 g/mol. The Hall–Kier alpha value is -3.64. The third kappa shape index (κ3) is 7.64. The summed E-state index contributed by atoms with van der Waals surface area (Å²) in [6.07, 6.45) is 13.6. The Kier molecular flexibility index (Phi) is 12.9. The summed E-state index contributed by atoms with van der Waals surface area (Å²) in [7, 11) is 0. The van der Waals surface area contributed by atoms with Gasteiger partial charge in [0.15, 0.2) is 0 Å². The number of amides is 2. The average molecular weight is 658 g/mol. The van der Waals surface area contributed by atoms with E-state index in [0.717, 1.165) is 61.6 Å². The van der Waals surface area contributed by atoms with Crippen LogP contribution in [0, 0.1) is 29.1 Å². The number of carbonyl (C=O) groups excluding carboxylic acids is 2. The number of hydrazone groups is 1. The standard InChI is InChI=1S/C39H59N7O2/c1-7-9-13-28-16-17-30-20-31(37(48)43-8-2)18-19-34(30)39(26(28)5,38(41)45-42)22-35(29-14-11-10-12-15-29)44-24-36(47)46-27(6)33(25(3)4)21-32(46)23-40/h7,9,18-20,25,27,29,32-33,35,44H,8,10-17,21-22,24,42H2,1-6H3,(H2,41,45)(H,43,48)/b9-7-. The predicted molar refractivity (Wildman–Crippen MR) is 194 cm³/mol. The Balaban J connectivity index is 1.80. The molecule has 9 nitrogen and oxygen atoms in total. The number of benzene rings is 1. The Bertz CT molecular complexity index is 1430. The van der Waals surface area contributed by atoms with Crippen molar-refractivity contribution in [1.82, 2.24) is 15.5 Å². The summed E-state index contributed by atoms with van der Waals surface area (Å²) < 4.78 is 0. The van der Waals surface area contributed by atoms with Gasteiger partial charge in [-0.3, -0.25) is 9.59 Å². The van der Waals surface area contributed by atoms with Gasteiger partial charge >= 0.3 is 0 Å². The molecule has 2 amide bonds. The second kappa shape index (κ2) is 16.6. The first-order valence-corrected chi connectivity index (χ1v) is 18.2. The monoisotopic (exact) mass is 657 g/mol. The highest BCUT2D eigenvalue weighted by molar-refractivity contribution is 5.97. The number of carbonyl (C=O) groups is 2. The van der Waals surface area contributed by atoms with Crippen LogP contribution in [0.25, 0.3) is 0 Å². The van der Waals surface area contributed by atoms with E-state index in [-0.39, 0.29) is 30.4 Å². The molecule has 1 saturated carbocycles. The molecule has 48 heavy (non-hydrogen) atoms. The van der Waals surface area contributed by atoms with Crippen LogP contribution in [-0.2, 0) is 16.6 Å². The fraction of sp³-hybridized carbons (Fsp3) is 0.641. The van der Waals surface area contributed by atoms with E-state index in [1.54, 1.807) is 0 Å². The van der Waals surface area contributed by atoms with E-state index in [4.69, 9.17) is 11.6 Å². The number of fused-ring (bicyclic) bond motifs is 1. The first-order valence-electron chi connectivity index (χ1n) is 18.2. The van der Waals surface area contributed by atoms with E-state index >= 15 is 0 Å². The molecule has 2 fully saturated rings. The van der Waals surface area contributed by atoms with Crippen LogP contribution in [0.5, 0.6) is 0 Å². The molecule has 1 aromatic rings. The van der Waals surface area contributed by atoms with Gasteiger partial charge < -0.3 is 27.1 Å². The number of nitrogens with two attached hydrogens (primary N) is 2. The highest BCUT2D eigenvalue weighted by Gasteiger charge is 2.47. The summed E-state index contributed by atoms with van der Waals surface area (Å²) in [6, 6.07) is 7.92. The lowest BCUT2D eigenvalue weighted by atomic mass is 9.65. The normalized spacial score (nSPS) is 26.0. The molecule has 2 aliphatic carbocycles. The van der Waals surface area contributed by atoms with Crippen molar-refractivity contribution in [1.29, 1.82) is 5.26 Å². The molecule has 1 heterocycles. The van der Waals surface area contributed by atoms with E-state index in [2.05, 4.69) is 67.7 Å². The lowest BCUT2D eigenvalue weighted by Crippen LogP contribution is -2.53. The minimum atomic E-state index is -0.825. The van der Waals surface area contributed by atoms with E-state index in [1.807, 2.05) is 30.9 Å². The average Bonchev–Trinajstić information content (AvgIpc) is 3.39. The lowest BCUT2D eigenvalue weighted by molar-refractivity contribution is -0.132. The van der Waals surface area contributed by atoms with Crippen LogP contribution in [0.4, 0.5) is 0 Å². The van der Waals surface area contributed by atoms with Gasteiger partial charge in [0, 0.05) is 24.2 Å². The summed E-state index contributed by atoms with van der Waals surface area (Å²) >= 11 is 0. The second-order valence-corrected chi connectivity index (χ2v) is 14.6. The van der Waals surface area contributed by atoms with Crippen LogP contribution in [0.3, 0.4) is 0 Å². The molecule has 5 unspecified atom stereocenters. The third-order valence-corrected chi connectivity index (χ3v) is 11.7. The molecule has 262 valence electrons. The first kappa shape index (κ1) is 37.2. The van der Waals surface area contributed by atoms with E-state index in [0.29, 0.717) is 48.5 Å².